The van der Waals surface area contributed by atoms with Crippen LogP contribution in [0.5, 0.6) is 0 Å². The summed E-state index contributed by atoms with van der Waals surface area (Å²) in [5, 5.41) is 33.5. The molecule has 2 bridgehead atoms. The van der Waals surface area contributed by atoms with Gasteiger partial charge in [-0.3, -0.25) is 19.2 Å². The van der Waals surface area contributed by atoms with Crippen LogP contribution in [0.4, 0.5) is 0 Å². The van der Waals surface area contributed by atoms with Gasteiger partial charge in [0, 0.05) is 58.5 Å². The molecule has 14 heteroatoms. The van der Waals surface area contributed by atoms with Crippen LogP contribution < -0.4 is 0 Å². The van der Waals surface area contributed by atoms with Crippen molar-refractivity contribution in [1.29, 1.82) is 0 Å². The van der Waals surface area contributed by atoms with E-state index in [0.717, 1.165) is 12.0 Å². The van der Waals surface area contributed by atoms with Crippen molar-refractivity contribution in [2.24, 2.45) is 35.5 Å². The van der Waals surface area contributed by atoms with Crippen molar-refractivity contribution in [1.82, 2.24) is 4.90 Å². The summed E-state index contributed by atoms with van der Waals surface area (Å²) in [6.45, 7) is 11.0. The van der Waals surface area contributed by atoms with Gasteiger partial charge in [-0.25, -0.2) is 4.79 Å². The molecule has 1 amide bonds. The lowest BCUT2D eigenvalue weighted by Gasteiger charge is -2.42. The third kappa shape index (κ3) is 18.9. The van der Waals surface area contributed by atoms with Crippen LogP contribution in [-0.4, -0.2) is 132 Å². The molecule has 0 aromatic rings. The summed E-state index contributed by atoms with van der Waals surface area (Å²) in [4.78, 5) is 71.4. The molecule has 2 unspecified atom stereocenters. The fourth-order valence-corrected chi connectivity index (χ4v) is 9.80. The summed E-state index contributed by atoms with van der Waals surface area (Å²) < 4.78 is 29.2. The Morgan fingerprint density at radius 2 is 1.46 bits per heavy atom. The van der Waals surface area contributed by atoms with Gasteiger partial charge in [0.1, 0.15) is 30.1 Å². The molecule has 1 saturated carbocycles. The molecule has 3 N–H and O–H groups in total. The molecule has 408 valence electrons. The molecule has 0 aromatic heterocycles. The van der Waals surface area contributed by atoms with Gasteiger partial charge in [0.2, 0.25) is 5.79 Å². The number of rotatable bonds is 6. The van der Waals surface area contributed by atoms with Crippen LogP contribution in [0, 0.1) is 35.5 Å². The lowest BCUT2D eigenvalue weighted by Crippen LogP contribution is -2.61. The van der Waals surface area contributed by atoms with Gasteiger partial charge in [-0.15, -0.1) is 0 Å². The third-order valence-corrected chi connectivity index (χ3v) is 14.1. The Hall–Kier alpha value is -3.37. The topological polar surface area (TPSA) is 195 Å². The number of ketones is 3. The number of esters is 1. The van der Waals surface area contributed by atoms with Crippen LogP contribution in [0.3, 0.4) is 0 Å². The number of hydrogen-bond acceptors (Lipinski definition) is 13. The molecule has 3 fully saturated rings. The monoisotopic (exact) mass is 996 g/mol. The Balaban J connectivity index is -0.00000748. The molecule has 70 heavy (non-hydrogen) atoms. The van der Waals surface area contributed by atoms with E-state index in [2.05, 4.69) is 0 Å². The number of cyclic esters (lactones) is 1. The van der Waals surface area contributed by atoms with E-state index in [1.165, 1.54) is 24.2 Å². The first kappa shape index (κ1) is 70.9. The zero-order valence-corrected chi connectivity index (χ0v) is 39.7. The van der Waals surface area contributed by atoms with Gasteiger partial charge in [0.15, 0.2) is 5.78 Å². The quantitative estimate of drug-likeness (QED) is 0.129. The number of carbonyl (C=O) groups excluding carboxylic acids is 5. The van der Waals surface area contributed by atoms with Crippen molar-refractivity contribution in [3.63, 3.8) is 0 Å². The van der Waals surface area contributed by atoms with Gasteiger partial charge in [0.25, 0.3) is 11.7 Å². The highest BCUT2D eigenvalue weighted by Crippen LogP contribution is 2.37. The largest absolute Gasteiger partial charge is 0.460 e. The molecule has 0 spiro atoms. The van der Waals surface area contributed by atoms with E-state index in [0.29, 0.717) is 57.8 Å². The minimum atomic E-state index is -2.43. The molecule has 4 rings (SSSR count). The Morgan fingerprint density at radius 1 is 0.786 bits per heavy atom. The van der Waals surface area contributed by atoms with Crippen LogP contribution in [0.1, 0.15) is 163 Å². The highest BCUT2D eigenvalue weighted by atomic mass is 16.6. The molecule has 0 aromatic carbocycles. The molecule has 2 saturated heterocycles. The van der Waals surface area contributed by atoms with E-state index < -0.39 is 83.9 Å². The van der Waals surface area contributed by atoms with Crippen LogP contribution in [-0.2, 0) is 47.7 Å². The number of allylic oxidation sites excluding steroid dienone is 6. The predicted octanol–water partition coefficient (Wildman–Crippen LogP) is 9.61. The Morgan fingerprint density at radius 3 is 2.09 bits per heavy atom. The van der Waals surface area contributed by atoms with Crippen molar-refractivity contribution < 1.29 is 63.0 Å². The standard InChI is InChI=1S/C50H77NO13.6CH4/c1-30-15-11-10-12-16-32(3)42(60-7)28-37-21-19-35(6)50(59,64-37)47(56)48(57)51-24-14-13-17-38(51)49(58)63-43(33(4)26-36-20-23-39(52)44(27-36)61-8)29-41(54)31(2)18-22-40(53)46(62-9)45(55)34(5)25-30;;;;;;/h10-12,15-16,18,22,30-31,33-40,42-44,46,52-53,59H,13-14,17,19-21,23-29H2,1-9H3;6*1H4/b12-10?,15-11+,22-18+,32-16?;;;;;;/t30-,31-,33-,34-,35-,36?,37+,38?,39-,40-,42+,43+,44-,46-,50-;;;;;;/m1....../s1. The molecular formula is C56H101NO13. The first-order valence-corrected chi connectivity index (χ1v) is 23.5. The zero-order valence-electron chi connectivity index (χ0n) is 39.7. The van der Waals surface area contributed by atoms with Crippen molar-refractivity contribution >= 4 is 29.2 Å². The smallest absolute Gasteiger partial charge is 0.329 e. The maximum Gasteiger partial charge on any atom is 0.329 e. The minimum Gasteiger partial charge on any atom is -0.460 e. The molecule has 15 atom stereocenters. The highest BCUT2D eigenvalue weighted by molar-refractivity contribution is 6.39. The van der Waals surface area contributed by atoms with Gasteiger partial charge < -0.3 is 43.9 Å². The number of Topliss-reactive ketones (excluding diaryl/α,β-unsaturated/α-hetero) is 3. The summed E-state index contributed by atoms with van der Waals surface area (Å²) in [6, 6.07) is -1.14. The molecule has 14 nitrogen and oxygen atoms in total. The van der Waals surface area contributed by atoms with E-state index in [4.69, 9.17) is 23.7 Å². The van der Waals surface area contributed by atoms with E-state index >= 15 is 0 Å². The number of methoxy groups -OCH3 is 3. The maximum absolute atomic E-state index is 14.3. The first-order valence-electron chi connectivity index (χ1n) is 23.5. The normalized spacial score (nSPS) is 35.7. The summed E-state index contributed by atoms with van der Waals surface area (Å²) in [7, 11) is 4.50. The van der Waals surface area contributed by atoms with Crippen molar-refractivity contribution in [2.45, 2.75) is 218 Å². The second kappa shape index (κ2) is 33.4. The minimum absolute atomic E-state index is 0. The lowest BCUT2D eigenvalue weighted by molar-refractivity contribution is -0.265. The average Bonchev–Trinajstić information content (AvgIpc) is 3.27. The molecule has 1 aliphatic carbocycles. The predicted molar refractivity (Wildman–Crippen MR) is 281 cm³/mol. The highest BCUT2D eigenvalue weighted by Gasteiger charge is 2.53. The second-order valence-corrected chi connectivity index (χ2v) is 19.1. The SMILES string of the molecule is C.C.C.C.C.C.CO[C@H]1C[C@@H]2CC[C@@H](C)[C@@](O)(O2)C(=O)C(=O)N2CCCCC2C(=O)O[C@H]([C@H](C)CC2CC[C@@H](O)[C@H](OC)C2)CC(=O)[C@H](C)/C=C/[C@@H](O)[C@@H](OC)C(=O)[C@H](C)C[C@H](C)/C=C/C=CC=C1C. The second-order valence-electron chi connectivity index (χ2n) is 19.1. The van der Waals surface area contributed by atoms with E-state index in [1.807, 2.05) is 51.2 Å². The Labute approximate surface area is 425 Å². The number of fused-ring (bicyclic) bond motifs is 3. The lowest BCUT2D eigenvalue weighted by atomic mass is 9.78. The van der Waals surface area contributed by atoms with E-state index in [-0.39, 0.29) is 99.4 Å². The molecular weight excluding hydrogens is 895 g/mol. The number of hydrogen-bond donors (Lipinski definition) is 3. The fourth-order valence-electron chi connectivity index (χ4n) is 9.80. The Bertz CT molecular complexity index is 1710. The van der Waals surface area contributed by atoms with Gasteiger partial charge >= 0.3 is 5.97 Å². The van der Waals surface area contributed by atoms with Crippen LogP contribution in [0.25, 0.3) is 0 Å². The molecule has 3 heterocycles. The number of aliphatic hydroxyl groups excluding tert-OH is 2. The summed E-state index contributed by atoms with van der Waals surface area (Å²) >= 11 is 0. The van der Waals surface area contributed by atoms with E-state index in [1.54, 1.807) is 35.0 Å². The fraction of sp³-hybridized carbons (Fsp3) is 0.768. The third-order valence-electron chi connectivity index (χ3n) is 14.1. The average molecular weight is 996 g/mol. The molecule has 4 aliphatic rings. The molecule has 3 aliphatic heterocycles. The zero-order chi connectivity index (χ0) is 47.3. The summed E-state index contributed by atoms with van der Waals surface area (Å²) in [6.07, 6.45) is 12.5. The molecule has 0 radical (unpaired) electrons. The summed E-state index contributed by atoms with van der Waals surface area (Å²) in [5.41, 5.74) is 0.879. The Kier molecular flexibility index (Phi) is 33.8. The van der Waals surface area contributed by atoms with Gasteiger partial charge in [-0.2, -0.15) is 0 Å². The number of amides is 1. The van der Waals surface area contributed by atoms with Gasteiger partial charge in [0.05, 0.1) is 24.4 Å². The number of nitrogens with zero attached hydrogens (tertiary/aromatic N) is 1. The number of piperidine rings is 1. The number of ether oxygens (including phenoxy) is 5. The maximum atomic E-state index is 14.3. The van der Waals surface area contributed by atoms with E-state index in [9.17, 15) is 39.3 Å². The van der Waals surface area contributed by atoms with Crippen molar-refractivity contribution in [2.75, 3.05) is 27.9 Å². The van der Waals surface area contributed by atoms with Crippen LogP contribution >= 0.6 is 0 Å². The van der Waals surface area contributed by atoms with Crippen molar-refractivity contribution in [3.8, 4) is 0 Å². The summed E-state index contributed by atoms with van der Waals surface area (Å²) in [5.74, 6) is -7.95. The van der Waals surface area contributed by atoms with Gasteiger partial charge in [-0.05, 0) is 94.5 Å². The van der Waals surface area contributed by atoms with Gasteiger partial charge in [-0.1, -0.05) is 122 Å². The van der Waals surface area contributed by atoms with Crippen LogP contribution in [0.15, 0.2) is 48.1 Å². The number of carbonyl (C=O) groups is 5. The number of aliphatic hydroxyl groups is 3. The van der Waals surface area contributed by atoms with Crippen LogP contribution in [0.2, 0.25) is 0 Å². The first-order chi connectivity index (χ1) is 30.3. The van der Waals surface area contributed by atoms with Crippen molar-refractivity contribution in [3.05, 3.63) is 48.1 Å².